The van der Waals surface area contributed by atoms with Gasteiger partial charge in [-0.05, 0) is 44.2 Å². The summed E-state index contributed by atoms with van der Waals surface area (Å²) in [7, 11) is 1.88. The van der Waals surface area contributed by atoms with Crippen LogP contribution >= 0.6 is 0 Å². The normalized spacial score (nSPS) is 13.3. The predicted octanol–water partition coefficient (Wildman–Crippen LogP) is 4.34. The molecule has 148 valence electrons. The average Bonchev–Trinajstić information content (AvgIpc) is 2.66. The highest BCUT2D eigenvalue weighted by Crippen LogP contribution is 2.22. The van der Waals surface area contributed by atoms with Crippen molar-refractivity contribution in [3.05, 3.63) is 65.7 Å². The number of aliphatic hydroxyl groups excluding tert-OH is 1. The van der Waals surface area contributed by atoms with Crippen LogP contribution in [0.3, 0.4) is 0 Å². The Morgan fingerprint density at radius 1 is 1.00 bits per heavy atom. The fourth-order valence-electron chi connectivity index (χ4n) is 3.31. The van der Waals surface area contributed by atoms with Crippen molar-refractivity contribution in [3.8, 4) is 5.75 Å². The predicted molar refractivity (Wildman–Crippen MR) is 104 cm³/mol. The van der Waals surface area contributed by atoms with Crippen LogP contribution in [0.25, 0.3) is 0 Å². The summed E-state index contributed by atoms with van der Waals surface area (Å²) in [5.74, 6) is -0.755. The molecule has 2 unspecified atom stereocenters. The minimum atomic E-state index is -0.644. The van der Waals surface area contributed by atoms with E-state index in [0.717, 1.165) is 38.2 Å². The molecule has 2 aromatic rings. The van der Waals surface area contributed by atoms with Gasteiger partial charge in [0.15, 0.2) is 0 Å². The Labute approximate surface area is 160 Å². The van der Waals surface area contributed by atoms with Gasteiger partial charge in [-0.1, -0.05) is 36.8 Å². The Hall–Kier alpha value is -1.98. The number of ether oxygens (including phenoxy) is 1. The van der Waals surface area contributed by atoms with Gasteiger partial charge < -0.3 is 15.2 Å². The number of aliphatic hydroxyl groups is 1. The first-order valence-electron chi connectivity index (χ1n) is 9.53. The zero-order valence-corrected chi connectivity index (χ0v) is 15.8. The molecule has 5 heteroatoms. The molecule has 0 aliphatic rings. The van der Waals surface area contributed by atoms with Crippen molar-refractivity contribution in [2.75, 3.05) is 20.3 Å². The lowest BCUT2D eigenvalue weighted by molar-refractivity contribution is 0.202. The van der Waals surface area contributed by atoms with Crippen LogP contribution in [-0.2, 0) is 6.42 Å². The van der Waals surface area contributed by atoms with Gasteiger partial charge in [-0.15, -0.1) is 0 Å². The summed E-state index contributed by atoms with van der Waals surface area (Å²) >= 11 is 0. The van der Waals surface area contributed by atoms with Crippen molar-refractivity contribution in [2.24, 2.45) is 5.92 Å². The van der Waals surface area contributed by atoms with Crippen LogP contribution in [0.1, 0.15) is 31.2 Å². The van der Waals surface area contributed by atoms with Gasteiger partial charge >= 0.3 is 0 Å². The lowest BCUT2D eigenvalue weighted by atomic mass is 9.88. The number of hydrogen-bond donors (Lipinski definition) is 2. The van der Waals surface area contributed by atoms with E-state index in [4.69, 9.17) is 9.84 Å². The van der Waals surface area contributed by atoms with Crippen molar-refractivity contribution in [1.29, 1.82) is 0 Å². The molecule has 0 spiro atoms. The van der Waals surface area contributed by atoms with E-state index in [9.17, 15) is 8.78 Å². The van der Waals surface area contributed by atoms with E-state index < -0.39 is 11.6 Å². The zero-order chi connectivity index (χ0) is 19.5. The number of nitrogens with one attached hydrogen (secondary N) is 1. The Bertz CT molecular complexity index is 646. The molecule has 0 fully saturated rings. The molecule has 0 heterocycles. The standard InChI is InChI=1S/C22H29F2NO2/c1-25-22(16-27-21-14-19(23)13-20(24)15-21)18(9-5-6-12-26)11-10-17-7-3-2-4-8-17/h2-4,7-8,13-15,18,22,25-26H,5-6,9-12,16H2,1H3. The Balaban J connectivity index is 1.98. The summed E-state index contributed by atoms with van der Waals surface area (Å²) in [5, 5.41) is 12.4. The number of rotatable bonds is 12. The molecule has 0 bridgehead atoms. The molecule has 27 heavy (non-hydrogen) atoms. The highest BCUT2D eigenvalue weighted by atomic mass is 19.1. The number of unbranched alkanes of at least 4 members (excludes halogenated alkanes) is 1. The molecule has 2 atom stereocenters. The van der Waals surface area contributed by atoms with Crippen molar-refractivity contribution in [1.82, 2.24) is 5.32 Å². The van der Waals surface area contributed by atoms with Crippen LogP contribution in [-0.4, -0.2) is 31.4 Å². The van der Waals surface area contributed by atoms with Gasteiger partial charge in [0, 0.05) is 30.8 Å². The van der Waals surface area contributed by atoms with Crippen LogP contribution in [0.15, 0.2) is 48.5 Å². The van der Waals surface area contributed by atoms with Gasteiger partial charge in [0.1, 0.15) is 24.0 Å². The second-order valence-corrected chi connectivity index (χ2v) is 6.82. The molecular weight excluding hydrogens is 348 g/mol. The average molecular weight is 377 g/mol. The van der Waals surface area contributed by atoms with Crippen molar-refractivity contribution in [3.63, 3.8) is 0 Å². The summed E-state index contributed by atoms with van der Waals surface area (Å²) in [4.78, 5) is 0. The number of benzene rings is 2. The third-order valence-electron chi connectivity index (χ3n) is 4.84. The summed E-state index contributed by atoms with van der Waals surface area (Å²) in [6.45, 7) is 0.521. The van der Waals surface area contributed by atoms with Gasteiger partial charge in [-0.25, -0.2) is 8.78 Å². The van der Waals surface area contributed by atoms with Gasteiger partial charge in [-0.3, -0.25) is 0 Å². The molecule has 0 aromatic heterocycles. The molecule has 0 amide bonds. The van der Waals surface area contributed by atoms with Crippen molar-refractivity contribution < 1.29 is 18.6 Å². The first-order valence-corrected chi connectivity index (χ1v) is 9.53. The van der Waals surface area contributed by atoms with E-state index in [1.165, 1.54) is 17.7 Å². The number of halogens is 2. The fraction of sp³-hybridized carbons (Fsp3) is 0.455. The van der Waals surface area contributed by atoms with Crippen molar-refractivity contribution in [2.45, 2.75) is 38.1 Å². The number of likely N-dealkylation sites (N-methyl/N-ethyl adjacent to an activating group) is 1. The quantitative estimate of drug-likeness (QED) is 0.541. The molecule has 2 N–H and O–H groups in total. The summed E-state index contributed by atoms with van der Waals surface area (Å²) in [6, 6.07) is 13.6. The fourth-order valence-corrected chi connectivity index (χ4v) is 3.31. The maximum absolute atomic E-state index is 13.3. The van der Waals surface area contributed by atoms with Crippen LogP contribution in [0.5, 0.6) is 5.75 Å². The molecule has 2 rings (SSSR count). The first kappa shape index (κ1) is 21.3. The van der Waals surface area contributed by atoms with Crippen LogP contribution in [0.4, 0.5) is 8.78 Å². The molecule has 0 radical (unpaired) electrons. The van der Waals surface area contributed by atoms with Gasteiger partial charge in [0.2, 0.25) is 0 Å². The molecule has 3 nitrogen and oxygen atoms in total. The Morgan fingerprint density at radius 3 is 2.33 bits per heavy atom. The van der Waals surface area contributed by atoms with E-state index in [1.54, 1.807) is 0 Å². The minimum Gasteiger partial charge on any atom is -0.492 e. The van der Waals surface area contributed by atoms with E-state index >= 15 is 0 Å². The smallest absolute Gasteiger partial charge is 0.129 e. The summed E-state index contributed by atoms with van der Waals surface area (Å²) in [6.07, 6.45) is 4.59. The Kier molecular flexibility index (Phi) is 9.22. The minimum absolute atomic E-state index is 0.0544. The molecular formula is C22H29F2NO2. The molecule has 0 aliphatic heterocycles. The highest BCUT2D eigenvalue weighted by molar-refractivity contribution is 5.23. The van der Waals surface area contributed by atoms with E-state index in [-0.39, 0.29) is 18.4 Å². The third-order valence-corrected chi connectivity index (χ3v) is 4.84. The second kappa shape index (κ2) is 11.7. The Morgan fingerprint density at radius 2 is 1.70 bits per heavy atom. The molecule has 0 saturated carbocycles. The van der Waals surface area contributed by atoms with Crippen LogP contribution in [0, 0.1) is 17.6 Å². The number of aryl methyl sites for hydroxylation is 1. The molecule has 2 aromatic carbocycles. The summed E-state index contributed by atoms with van der Waals surface area (Å²) < 4.78 is 32.4. The lowest BCUT2D eigenvalue weighted by Crippen LogP contribution is -2.39. The van der Waals surface area contributed by atoms with E-state index in [1.807, 2.05) is 25.2 Å². The van der Waals surface area contributed by atoms with Gasteiger partial charge in [0.25, 0.3) is 0 Å². The van der Waals surface area contributed by atoms with E-state index in [0.29, 0.717) is 12.5 Å². The maximum atomic E-state index is 13.3. The molecule has 0 aliphatic carbocycles. The van der Waals surface area contributed by atoms with Crippen molar-refractivity contribution >= 4 is 0 Å². The topological polar surface area (TPSA) is 41.5 Å². The second-order valence-electron chi connectivity index (χ2n) is 6.82. The number of hydrogen-bond acceptors (Lipinski definition) is 3. The lowest BCUT2D eigenvalue weighted by Gasteiger charge is -2.27. The zero-order valence-electron chi connectivity index (χ0n) is 15.8. The maximum Gasteiger partial charge on any atom is 0.129 e. The summed E-state index contributed by atoms with van der Waals surface area (Å²) in [5.41, 5.74) is 1.28. The van der Waals surface area contributed by atoms with Gasteiger partial charge in [0.05, 0.1) is 0 Å². The SMILES string of the molecule is CNC(COc1cc(F)cc(F)c1)C(CCCCO)CCc1ccccc1. The van der Waals surface area contributed by atoms with Crippen LogP contribution < -0.4 is 10.1 Å². The first-order chi connectivity index (χ1) is 13.1. The van der Waals surface area contributed by atoms with Gasteiger partial charge in [-0.2, -0.15) is 0 Å². The third kappa shape index (κ3) is 7.65. The molecule has 0 saturated heterocycles. The largest absolute Gasteiger partial charge is 0.492 e. The highest BCUT2D eigenvalue weighted by Gasteiger charge is 2.21. The van der Waals surface area contributed by atoms with Crippen LogP contribution in [0.2, 0.25) is 0 Å². The monoisotopic (exact) mass is 377 g/mol. The van der Waals surface area contributed by atoms with E-state index in [2.05, 4.69) is 17.4 Å².